The smallest absolute Gasteiger partial charge is 0.288 e. The largest absolute Gasteiger partial charge is 0.464 e. The number of carbonyl (C=O) groups is 1. The van der Waals surface area contributed by atoms with Gasteiger partial charge in [-0.15, -0.1) is 0 Å². The Kier molecular flexibility index (Phi) is 8.76. The maximum atomic E-state index is 13.7. The molecule has 2 aliphatic rings. The summed E-state index contributed by atoms with van der Waals surface area (Å²) in [5, 5.41) is 10.0. The zero-order valence-electron chi connectivity index (χ0n) is 22.3. The van der Waals surface area contributed by atoms with Crippen LogP contribution in [0.1, 0.15) is 36.8 Å². The van der Waals surface area contributed by atoms with Crippen molar-refractivity contribution in [1.29, 1.82) is 0 Å². The quantitative estimate of drug-likeness (QED) is 0.447. The number of ether oxygens (including phenoxy) is 2. The van der Waals surface area contributed by atoms with Gasteiger partial charge in [-0.2, -0.15) is 0 Å². The van der Waals surface area contributed by atoms with Crippen molar-refractivity contribution in [2.75, 3.05) is 39.4 Å². The molecule has 2 aromatic carbocycles. The van der Waals surface area contributed by atoms with Gasteiger partial charge in [0.05, 0.1) is 11.6 Å². The van der Waals surface area contributed by atoms with Gasteiger partial charge in [0.15, 0.2) is 11.2 Å². The number of aliphatic hydroxyl groups is 1. The molecule has 1 saturated heterocycles. The number of hydrogen-bond donors (Lipinski definition) is 1. The first-order chi connectivity index (χ1) is 19.1. The highest BCUT2D eigenvalue weighted by Crippen LogP contribution is 2.39. The minimum Gasteiger partial charge on any atom is -0.464 e. The third-order valence-electron chi connectivity index (χ3n) is 7.60. The summed E-state index contributed by atoms with van der Waals surface area (Å²) in [6.45, 7) is 5.82. The second-order valence-corrected chi connectivity index (χ2v) is 10.1. The van der Waals surface area contributed by atoms with Crippen molar-refractivity contribution >= 4 is 16.9 Å². The molecule has 3 aromatic rings. The third kappa shape index (κ3) is 6.08. The fourth-order valence-corrected chi connectivity index (χ4v) is 5.54. The highest BCUT2D eigenvalue weighted by atomic mass is 16.7. The number of amides is 1. The van der Waals surface area contributed by atoms with Crippen LogP contribution in [0.5, 0.6) is 0 Å². The van der Waals surface area contributed by atoms with E-state index < -0.39 is 12.2 Å². The number of aliphatic hydroxyl groups excluding tert-OH is 1. The predicted octanol–water partition coefficient (Wildman–Crippen LogP) is 3.89. The first-order valence-electron chi connectivity index (χ1n) is 13.8. The molecule has 0 spiro atoms. The number of benzene rings is 2. The van der Waals surface area contributed by atoms with Crippen molar-refractivity contribution in [2.24, 2.45) is 5.92 Å². The van der Waals surface area contributed by atoms with E-state index >= 15 is 0 Å². The minimum atomic E-state index is -0.722. The lowest BCUT2D eigenvalue weighted by Crippen LogP contribution is -2.50. The van der Waals surface area contributed by atoms with Gasteiger partial charge in [0.1, 0.15) is 5.58 Å². The molecular formula is C31H36N2O6. The van der Waals surface area contributed by atoms with Crippen LogP contribution in [0.2, 0.25) is 0 Å². The number of rotatable bonds is 9. The lowest BCUT2D eigenvalue weighted by atomic mass is 9.81. The molecular weight excluding hydrogens is 496 g/mol. The number of allylic oxidation sites excluding steroid dienone is 1. The van der Waals surface area contributed by atoms with Crippen LogP contribution in [0, 0.1) is 5.92 Å². The molecule has 0 unspecified atom stereocenters. The van der Waals surface area contributed by atoms with Crippen molar-refractivity contribution in [3.63, 3.8) is 0 Å². The van der Waals surface area contributed by atoms with Gasteiger partial charge in [0.2, 0.25) is 6.29 Å². The van der Waals surface area contributed by atoms with E-state index in [9.17, 15) is 14.7 Å². The summed E-state index contributed by atoms with van der Waals surface area (Å²) < 4.78 is 18.0. The Hall–Kier alpha value is -3.46. The number of piperazine rings is 1. The topological polar surface area (TPSA) is 92.5 Å². The number of hydrogen-bond acceptors (Lipinski definition) is 7. The zero-order valence-corrected chi connectivity index (χ0v) is 22.3. The Morgan fingerprint density at radius 3 is 2.54 bits per heavy atom. The Labute approximate surface area is 228 Å². The van der Waals surface area contributed by atoms with Crippen molar-refractivity contribution in [1.82, 2.24) is 9.80 Å². The third-order valence-corrected chi connectivity index (χ3v) is 7.60. The molecule has 2 aliphatic heterocycles. The van der Waals surface area contributed by atoms with E-state index in [1.165, 1.54) is 11.8 Å². The van der Waals surface area contributed by atoms with E-state index in [4.69, 9.17) is 13.9 Å². The lowest BCUT2D eigenvalue weighted by Gasteiger charge is -2.39. The highest BCUT2D eigenvalue weighted by Gasteiger charge is 2.40. The maximum absolute atomic E-state index is 13.7. The van der Waals surface area contributed by atoms with Crippen LogP contribution in [0.15, 0.2) is 81.9 Å². The van der Waals surface area contributed by atoms with Crippen LogP contribution in [0.3, 0.4) is 0 Å². The molecule has 1 N–H and O–H groups in total. The van der Waals surface area contributed by atoms with Crippen molar-refractivity contribution in [3.8, 4) is 0 Å². The molecule has 0 radical (unpaired) electrons. The Morgan fingerprint density at radius 2 is 1.79 bits per heavy atom. The summed E-state index contributed by atoms with van der Waals surface area (Å²) in [6.07, 6.45) is 3.62. The first-order valence-corrected chi connectivity index (χ1v) is 13.8. The van der Waals surface area contributed by atoms with Crippen molar-refractivity contribution in [3.05, 3.63) is 94.0 Å². The minimum absolute atomic E-state index is 0.0111. The van der Waals surface area contributed by atoms with Gasteiger partial charge in [-0.05, 0) is 43.5 Å². The van der Waals surface area contributed by atoms with Crippen LogP contribution >= 0.6 is 0 Å². The van der Waals surface area contributed by atoms with Crippen molar-refractivity contribution in [2.45, 2.75) is 38.5 Å². The Balaban J connectivity index is 1.40. The standard InChI is InChI=1S/C31H36N2O6/c1-2-37-31-23(12-8-18-34)25(26-21-38-27-13-7-6-11-24(27)29(26)35)19-28(39-31)30(36)33-16-14-32(15-17-33)20-22-9-4-3-5-10-22/h3-7,9-11,13,19,21,23,25,31,34H,2,8,12,14-18,20H2,1H3/t23-,25-,31+/m0/s1. The average molecular weight is 533 g/mol. The number of carbonyl (C=O) groups excluding carboxylic acids is 1. The molecule has 1 aromatic heterocycles. The molecule has 0 bridgehead atoms. The number of para-hydroxylation sites is 1. The molecule has 0 saturated carbocycles. The van der Waals surface area contributed by atoms with Gasteiger partial charge in [-0.25, -0.2) is 0 Å². The fraction of sp³-hybridized carbons (Fsp3) is 0.419. The summed E-state index contributed by atoms with van der Waals surface area (Å²) in [5.74, 6) is -0.723. The molecule has 3 heterocycles. The number of nitrogens with zero attached hydrogens (tertiary/aromatic N) is 2. The van der Waals surface area contributed by atoms with E-state index in [1.807, 2.05) is 42.2 Å². The summed E-state index contributed by atoms with van der Waals surface area (Å²) in [4.78, 5) is 31.4. The lowest BCUT2D eigenvalue weighted by molar-refractivity contribution is -0.171. The van der Waals surface area contributed by atoms with Gasteiger partial charge < -0.3 is 23.9 Å². The molecule has 1 amide bonds. The monoisotopic (exact) mass is 532 g/mol. The maximum Gasteiger partial charge on any atom is 0.288 e. The zero-order chi connectivity index (χ0) is 27.2. The van der Waals surface area contributed by atoms with E-state index in [0.717, 1.165) is 19.6 Å². The van der Waals surface area contributed by atoms with Gasteiger partial charge in [0.25, 0.3) is 5.91 Å². The molecule has 0 aliphatic carbocycles. The predicted molar refractivity (Wildman–Crippen MR) is 148 cm³/mol. The van der Waals surface area contributed by atoms with Gasteiger partial charge in [-0.1, -0.05) is 42.5 Å². The fourth-order valence-electron chi connectivity index (χ4n) is 5.54. The summed E-state index contributed by atoms with van der Waals surface area (Å²) in [5.41, 5.74) is 2.09. The van der Waals surface area contributed by atoms with E-state index in [1.54, 1.807) is 18.2 Å². The van der Waals surface area contributed by atoms with Crippen LogP contribution in [0.25, 0.3) is 11.0 Å². The van der Waals surface area contributed by atoms with E-state index in [-0.39, 0.29) is 29.6 Å². The average Bonchev–Trinajstić information content (AvgIpc) is 2.97. The molecule has 8 heteroatoms. The number of fused-ring (bicyclic) bond motifs is 1. The molecule has 206 valence electrons. The molecule has 8 nitrogen and oxygen atoms in total. The van der Waals surface area contributed by atoms with Crippen LogP contribution < -0.4 is 5.43 Å². The normalized spacial score (nSPS) is 21.9. The molecule has 5 rings (SSSR count). The van der Waals surface area contributed by atoms with Crippen LogP contribution in [0.4, 0.5) is 0 Å². The highest BCUT2D eigenvalue weighted by molar-refractivity contribution is 5.92. The van der Waals surface area contributed by atoms with E-state index in [2.05, 4.69) is 17.0 Å². The molecule has 39 heavy (non-hydrogen) atoms. The molecule has 3 atom stereocenters. The first kappa shape index (κ1) is 27.1. The Bertz CT molecular complexity index is 1350. The molecule has 1 fully saturated rings. The summed E-state index contributed by atoms with van der Waals surface area (Å²) >= 11 is 0. The second kappa shape index (κ2) is 12.6. The second-order valence-electron chi connectivity index (χ2n) is 10.1. The van der Waals surface area contributed by atoms with Gasteiger partial charge in [-0.3, -0.25) is 14.5 Å². The van der Waals surface area contributed by atoms with Gasteiger partial charge in [0, 0.05) is 63.3 Å². The van der Waals surface area contributed by atoms with Crippen LogP contribution in [-0.2, 0) is 20.8 Å². The Morgan fingerprint density at radius 1 is 1.05 bits per heavy atom. The van der Waals surface area contributed by atoms with Crippen molar-refractivity contribution < 1.29 is 23.8 Å². The summed E-state index contributed by atoms with van der Waals surface area (Å²) in [7, 11) is 0. The van der Waals surface area contributed by atoms with Gasteiger partial charge >= 0.3 is 0 Å². The van der Waals surface area contributed by atoms with E-state index in [0.29, 0.717) is 49.1 Å². The van der Waals surface area contributed by atoms with Crippen LogP contribution in [-0.4, -0.2) is 66.5 Å². The SMILES string of the molecule is CCO[C@@H]1OC(C(=O)N2CCN(Cc3ccccc3)CC2)=C[C@H](c2coc3ccccc3c2=O)[C@@H]1CCCO. The summed E-state index contributed by atoms with van der Waals surface area (Å²) in [6, 6.07) is 17.5.